The third kappa shape index (κ3) is 2.89. The number of hydrogen-bond donors (Lipinski definition) is 1. The monoisotopic (exact) mass is 227 g/mol. The van der Waals surface area contributed by atoms with Crippen LogP contribution in [0.1, 0.15) is 31.7 Å². The molecule has 15 heavy (non-hydrogen) atoms. The molecule has 4 nitrogen and oxygen atoms in total. The van der Waals surface area contributed by atoms with Gasteiger partial charge in [-0.05, 0) is 33.6 Å². The first-order valence-corrected chi connectivity index (χ1v) is 6.07. The summed E-state index contributed by atoms with van der Waals surface area (Å²) >= 11 is 1.61. The Balaban J connectivity index is 1.95. The molecule has 0 aliphatic carbocycles. The van der Waals surface area contributed by atoms with E-state index >= 15 is 0 Å². The highest BCUT2D eigenvalue weighted by atomic mass is 32.1. The van der Waals surface area contributed by atoms with Crippen LogP contribution < -0.4 is 5.32 Å². The van der Waals surface area contributed by atoms with Crippen LogP contribution in [0.5, 0.6) is 0 Å². The molecule has 5 heteroatoms. The van der Waals surface area contributed by atoms with E-state index in [-0.39, 0.29) is 5.60 Å². The van der Waals surface area contributed by atoms with Crippen molar-refractivity contribution in [1.29, 1.82) is 0 Å². The van der Waals surface area contributed by atoms with Crippen LogP contribution in [0, 0.1) is 6.92 Å². The predicted molar refractivity (Wildman–Crippen MR) is 61.3 cm³/mol. The fourth-order valence-electron chi connectivity index (χ4n) is 1.88. The highest BCUT2D eigenvalue weighted by molar-refractivity contribution is 7.15. The molecule has 0 amide bonds. The van der Waals surface area contributed by atoms with Crippen molar-refractivity contribution in [1.82, 2.24) is 10.2 Å². The molecule has 2 heterocycles. The van der Waals surface area contributed by atoms with E-state index in [9.17, 15) is 0 Å². The number of rotatable bonds is 2. The van der Waals surface area contributed by atoms with E-state index in [2.05, 4.69) is 29.4 Å². The number of nitrogens with zero attached hydrogens (tertiary/aromatic N) is 2. The summed E-state index contributed by atoms with van der Waals surface area (Å²) in [5, 5.41) is 13.4. The van der Waals surface area contributed by atoms with Crippen LogP contribution in [0.25, 0.3) is 0 Å². The summed E-state index contributed by atoms with van der Waals surface area (Å²) < 4.78 is 5.67. The first kappa shape index (κ1) is 10.8. The van der Waals surface area contributed by atoms with Crippen LogP contribution in [0.4, 0.5) is 5.13 Å². The fourth-order valence-corrected chi connectivity index (χ4v) is 2.55. The fraction of sp³-hybridized carbons (Fsp3) is 0.800. The Morgan fingerprint density at radius 1 is 1.47 bits per heavy atom. The predicted octanol–water partition coefficient (Wildman–Crippen LogP) is 2.22. The number of aryl methyl sites for hydroxylation is 1. The average molecular weight is 227 g/mol. The van der Waals surface area contributed by atoms with E-state index in [1.165, 1.54) is 0 Å². The van der Waals surface area contributed by atoms with Crippen molar-refractivity contribution in [3.63, 3.8) is 0 Å². The van der Waals surface area contributed by atoms with Gasteiger partial charge in [-0.25, -0.2) is 0 Å². The molecule has 1 N–H and O–H groups in total. The molecule has 0 radical (unpaired) electrons. The smallest absolute Gasteiger partial charge is 0.205 e. The molecule has 1 atom stereocenters. The summed E-state index contributed by atoms with van der Waals surface area (Å²) in [7, 11) is 0. The first-order valence-electron chi connectivity index (χ1n) is 5.26. The lowest BCUT2D eigenvalue weighted by Gasteiger charge is -2.35. The van der Waals surface area contributed by atoms with Crippen molar-refractivity contribution in [2.75, 3.05) is 11.9 Å². The third-order valence-corrected chi connectivity index (χ3v) is 3.32. The maximum atomic E-state index is 5.67. The number of ether oxygens (including phenoxy) is 1. The Bertz CT molecular complexity index is 337. The molecular weight excluding hydrogens is 210 g/mol. The molecule has 1 aliphatic rings. The van der Waals surface area contributed by atoms with Crippen molar-refractivity contribution in [3.05, 3.63) is 5.01 Å². The third-order valence-electron chi connectivity index (χ3n) is 2.55. The molecule has 0 bridgehead atoms. The SMILES string of the molecule is Cc1nnc(NC2CCOC(C)(C)C2)s1. The molecule has 1 unspecified atom stereocenters. The summed E-state index contributed by atoms with van der Waals surface area (Å²) in [6, 6.07) is 0.459. The summed E-state index contributed by atoms with van der Waals surface area (Å²) in [6.07, 6.45) is 2.06. The normalized spacial score (nSPS) is 25.1. The summed E-state index contributed by atoms with van der Waals surface area (Å²) in [6.45, 7) is 7.05. The zero-order valence-electron chi connectivity index (χ0n) is 9.41. The van der Waals surface area contributed by atoms with Crippen molar-refractivity contribution in [2.45, 2.75) is 45.3 Å². The van der Waals surface area contributed by atoms with E-state index < -0.39 is 0 Å². The molecule has 1 fully saturated rings. The zero-order chi connectivity index (χ0) is 10.9. The minimum absolute atomic E-state index is 0.0182. The Hall–Kier alpha value is -0.680. The van der Waals surface area contributed by atoms with Crippen molar-refractivity contribution in [2.24, 2.45) is 0 Å². The molecule has 84 valence electrons. The van der Waals surface area contributed by atoms with Crippen LogP contribution >= 0.6 is 11.3 Å². The van der Waals surface area contributed by atoms with Crippen LogP contribution in [-0.2, 0) is 4.74 Å². The topological polar surface area (TPSA) is 47.0 Å². The lowest BCUT2D eigenvalue weighted by molar-refractivity contribution is -0.0553. The second-order valence-electron chi connectivity index (χ2n) is 4.57. The van der Waals surface area contributed by atoms with Gasteiger partial charge in [-0.3, -0.25) is 0 Å². The molecule has 1 saturated heterocycles. The first-order chi connectivity index (χ1) is 7.05. The molecule has 2 rings (SSSR count). The molecule has 1 aliphatic heterocycles. The number of nitrogens with one attached hydrogen (secondary N) is 1. The minimum atomic E-state index is -0.0182. The molecule has 0 spiro atoms. The quantitative estimate of drug-likeness (QED) is 0.841. The van der Waals surface area contributed by atoms with Gasteiger partial charge in [0.2, 0.25) is 5.13 Å². The second-order valence-corrected chi connectivity index (χ2v) is 5.75. The van der Waals surface area contributed by atoms with Crippen molar-refractivity contribution >= 4 is 16.5 Å². The van der Waals surface area contributed by atoms with Gasteiger partial charge in [0, 0.05) is 12.6 Å². The van der Waals surface area contributed by atoms with Gasteiger partial charge in [-0.2, -0.15) is 0 Å². The van der Waals surface area contributed by atoms with Crippen LogP contribution in [0.15, 0.2) is 0 Å². The van der Waals surface area contributed by atoms with Crippen molar-refractivity contribution < 1.29 is 4.74 Å². The lowest BCUT2D eigenvalue weighted by atomic mass is 9.94. The molecule has 0 saturated carbocycles. The lowest BCUT2D eigenvalue weighted by Crippen LogP contribution is -2.40. The Kier molecular flexibility index (Phi) is 2.93. The largest absolute Gasteiger partial charge is 0.375 e. The van der Waals surface area contributed by atoms with Gasteiger partial charge in [0.1, 0.15) is 5.01 Å². The minimum Gasteiger partial charge on any atom is -0.375 e. The average Bonchev–Trinajstić information content (AvgIpc) is 2.49. The van der Waals surface area contributed by atoms with Gasteiger partial charge in [-0.15, -0.1) is 10.2 Å². The highest BCUT2D eigenvalue weighted by Crippen LogP contribution is 2.27. The Labute approximate surface area is 94.1 Å². The number of anilines is 1. The molecule has 0 aromatic carbocycles. The molecule has 1 aromatic rings. The van der Waals surface area contributed by atoms with E-state index in [4.69, 9.17) is 4.74 Å². The van der Waals surface area contributed by atoms with Gasteiger partial charge in [-0.1, -0.05) is 11.3 Å². The highest BCUT2D eigenvalue weighted by Gasteiger charge is 2.29. The van der Waals surface area contributed by atoms with Gasteiger partial charge in [0.05, 0.1) is 5.60 Å². The number of aromatic nitrogens is 2. The van der Waals surface area contributed by atoms with Gasteiger partial charge in [0.15, 0.2) is 0 Å². The van der Waals surface area contributed by atoms with Gasteiger partial charge < -0.3 is 10.1 Å². The van der Waals surface area contributed by atoms with E-state index in [1.807, 2.05) is 6.92 Å². The van der Waals surface area contributed by atoms with Crippen LogP contribution in [0.2, 0.25) is 0 Å². The summed E-state index contributed by atoms with van der Waals surface area (Å²) in [5.74, 6) is 0. The second kappa shape index (κ2) is 4.06. The van der Waals surface area contributed by atoms with Crippen molar-refractivity contribution in [3.8, 4) is 0 Å². The molecule has 1 aromatic heterocycles. The standard InChI is InChI=1S/C10H17N3OS/c1-7-12-13-9(15-7)11-8-4-5-14-10(2,3)6-8/h8H,4-6H2,1-3H3,(H,11,13). The van der Waals surface area contributed by atoms with E-state index in [1.54, 1.807) is 11.3 Å². The molecular formula is C10H17N3OS. The van der Waals surface area contributed by atoms with E-state index in [0.717, 1.165) is 29.6 Å². The Morgan fingerprint density at radius 3 is 2.87 bits per heavy atom. The van der Waals surface area contributed by atoms with Gasteiger partial charge in [0.25, 0.3) is 0 Å². The Morgan fingerprint density at radius 2 is 2.27 bits per heavy atom. The summed E-state index contributed by atoms with van der Waals surface area (Å²) in [5.41, 5.74) is -0.0182. The number of hydrogen-bond acceptors (Lipinski definition) is 5. The maximum absolute atomic E-state index is 5.67. The summed E-state index contributed by atoms with van der Waals surface area (Å²) in [4.78, 5) is 0. The zero-order valence-corrected chi connectivity index (χ0v) is 10.2. The van der Waals surface area contributed by atoms with Crippen LogP contribution in [0.3, 0.4) is 0 Å². The van der Waals surface area contributed by atoms with Crippen LogP contribution in [-0.4, -0.2) is 28.4 Å². The van der Waals surface area contributed by atoms with Gasteiger partial charge >= 0.3 is 0 Å². The van der Waals surface area contributed by atoms with E-state index in [0.29, 0.717) is 6.04 Å². The maximum Gasteiger partial charge on any atom is 0.205 e.